The van der Waals surface area contributed by atoms with Crippen molar-refractivity contribution >= 4 is 17.9 Å². The number of cyclic esters (lactones) is 1. The third kappa shape index (κ3) is 2.94. The van der Waals surface area contributed by atoms with Gasteiger partial charge in [0.25, 0.3) is 0 Å². The van der Waals surface area contributed by atoms with E-state index in [4.69, 9.17) is 14.2 Å². The number of benzene rings is 1. The number of rotatable bonds is 4. The van der Waals surface area contributed by atoms with Gasteiger partial charge in [-0.25, -0.2) is 14.4 Å². The molecule has 1 atom stereocenters. The summed E-state index contributed by atoms with van der Waals surface area (Å²) in [5.74, 6) is -2.52. The molecule has 1 aliphatic rings. The predicted octanol–water partition coefficient (Wildman–Crippen LogP) is 1.40. The van der Waals surface area contributed by atoms with Gasteiger partial charge in [-0.2, -0.15) is 0 Å². The standard InChI is InChI=1S/C15H14O6/c1-10(2)12(16)21-15(8-9-19-13(15)17)14(18)20-11-6-4-3-5-7-11/h3-7H,1,8-9H2,2H3. The van der Waals surface area contributed by atoms with Crippen molar-refractivity contribution in [2.75, 3.05) is 6.61 Å². The molecule has 6 heteroatoms. The number of ether oxygens (including phenoxy) is 3. The van der Waals surface area contributed by atoms with Crippen LogP contribution in [0, 0.1) is 0 Å². The van der Waals surface area contributed by atoms with Crippen LogP contribution in [0.1, 0.15) is 13.3 Å². The molecule has 6 nitrogen and oxygen atoms in total. The van der Waals surface area contributed by atoms with Gasteiger partial charge in [0, 0.05) is 12.0 Å². The summed E-state index contributed by atoms with van der Waals surface area (Å²) in [6, 6.07) is 8.18. The maximum Gasteiger partial charge on any atom is 0.368 e. The fraction of sp³-hybridized carbons (Fsp3) is 0.267. The number of hydrogen-bond donors (Lipinski definition) is 0. The molecule has 0 spiro atoms. The van der Waals surface area contributed by atoms with Gasteiger partial charge in [0.2, 0.25) is 0 Å². The molecule has 0 radical (unpaired) electrons. The highest BCUT2D eigenvalue weighted by Gasteiger charge is 2.57. The van der Waals surface area contributed by atoms with Gasteiger partial charge in [-0.3, -0.25) is 0 Å². The largest absolute Gasteiger partial charge is 0.462 e. The minimum Gasteiger partial charge on any atom is -0.462 e. The van der Waals surface area contributed by atoms with Crippen LogP contribution in [-0.4, -0.2) is 30.1 Å². The molecule has 0 amide bonds. The van der Waals surface area contributed by atoms with E-state index < -0.39 is 23.5 Å². The van der Waals surface area contributed by atoms with E-state index in [1.54, 1.807) is 30.3 Å². The van der Waals surface area contributed by atoms with E-state index in [1.807, 2.05) is 0 Å². The molecule has 0 saturated carbocycles. The van der Waals surface area contributed by atoms with E-state index in [9.17, 15) is 14.4 Å². The van der Waals surface area contributed by atoms with Gasteiger partial charge in [0.15, 0.2) is 0 Å². The zero-order valence-corrected chi connectivity index (χ0v) is 11.5. The van der Waals surface area contributed by atoms with Crippen molar-refractivity contribution in [1.29, 1.82) is 0 Å². The summed E-state index contributed by atoms with van der Waals surface area (Å²) in [6.07, 6.45) is -0.0868. The van der Waals surface area contributed by atoms with Crippen LogP contribution in [0.3, 0.4) is 0 Å². The number of esters is 3. The highest BCUT2D eigenvalue weighted by atomic mass is 16.6. The zero-order chi connectivity index (χ0) is 15.5. The molecular formula is C15H14O6. The maximum absolute atomic E-state index is 12.3. The Morgan fingerprint density at radius 2 is 1.95 bits per heavy atom. The molecule has 2 rings (SSSR count). The van der Waals surface area contributed by atoms with Crippen LogP contribution in [0.25, 0.3) is 0 Å². The van der Waals surface area contributed by atoms with Crippen molar-refractivity contribution in [2.45, 2.75) is 18.9 Å². The van der Waals surface area contributed by atoms with Crippen molar-refractivity contribution in [3.63, 3.8) is 0 Å². The van der Waals surface area contributed by atoms with Crippen molar-refractivity contribution in [2.24, 2.45) is 0 Å². The summed E-state index contributed by atoms with van der Waals surface area (Å²) in [6.45, 7) is 4.81. The Morgan fingerprint density at radius 3 is 2.48 bits per heavy atom. The lowest BCUT2D eigenvalue weighted by Crippen LogP contribution is -2.50. The first-order chi connectivity index (χ1) is 9.95. The van der Waals surface area contributed by atoms with Gasteiger partial charge < -0.3 is 14.2 Å². The molecule has 0 aromatic heterocycles. The summed E-state index contributed by atoms with van der Waals surface area (Å²) in [4.78, 5) is 35.8. The second kappa shape index (κ2) is 5.78. The highest BCUT2D eigenvalue weighted by molar-refractivity contribution is 6.08. The molecule has 1 aliphatic heterocycles. The van der Waals surface area contributed by atoms with Crippen molar-refractivity contribution in [3.05, 3.63) is 42.5 Å². The van der Waals surface area contributed by atoms with Crippen LogP contribution in [0.15, 0.2) is 42.5 Å². The Hall–Kier alpha value is -2.63. The second-order valence-electron chi connectivity index (χ2n) is 4.59. The molecule has 1 unspecified atom stereocenters. The van der Waals surface area contributed by atoms with E-state index in [2.05, 4.69) is 6.58 Å². The predicted molar refractivity (Wildman–Crippen MR) is 71.3 cm³/mol. The van der Waals surface area contributed by atoms with Gasteiger partial charge in [0.05, 0.1) is 6.61 Å². The number of carbonyl (C=O) groups excluding carboxylic acids is 3. The smallest absolute Gasteiger partial charge is 0.368 e. The minimum absolute atomic E-state index is 0.0216. The molecule has 110 valence electrons. The number of para-hydroxylation sites is 1. The molecule has 0 aliphatic carbocycles. The molecule has 1 heterocycles. The summed E-state index contributed by atoms with van der Waals surface area (Å²) in [5, 5.41) is 0. The molecular weight excluding hydrogens is 276 g/mol. The molecule has 1 fully saturated rings. The lowest BCUT2D eigenvalue weighted by Gasteiger charge is -2.22. The Morgan fingerprint density at radius 1 is 1.29 bits per heavy atom. The fourth-order valence-electron chi connectivity index (χ4n) is 1.75. The van der Waals surface area contributed by atoms with E-state index in [0.717, 1.165) is 0 Å². The van der Waals surface area contributed by atoms with E-state index in [-0.39, 0.29) is 24.4 Å². The Bertz CT molecular complexity index is 591. The molecule has 1 saturated heterocycles. The summed E-state index contributed by atoms with van der Waals surface area (Å²) in [7, 11) is 0. The molecule has 1 aromatic carbocycles. The average molecular weight is 290 g/mol. The van der Waals surface area contributed by atoms with Crippen LogP contribution < -0.4 is 4.74 Å². The molecule has 21 heavy (non-hydrogen) atoms. The SMILES string of the molecule is C=C(C)C(=O)OC1(C(=O)Oc2ccccc2)CCOC1=O. The average Bonchev–Trinajstić information content (AvgIpc) is 2.82. The summed E-state index contributed by atoms with van der Waals surface area (Å²) >= 11 is 0. The quantitative estimate of drug-likeness (QED) is 0.361. The molecule has 0 N–H and O–H groups in total. The lowest BCUT2D eigenvalue weighted by molar-refractivity contribution is -0.181. The first-order valence-electron chi connectivity index (χ1n) is 6.29. The first-order valence-corrected chi connectivity index (χ1v) is 6.29. The second-order valence-corrected chi connectivity index (χ2v) is 4.59. The summed E-state index contributed by atoms with van der Waals surface area (Å²) in [5.41, 5.74) is -1.99. The van der Waals surface area contributed by atoms with Crippen LogP contribution in [0.2, 0.25) is 0 Å². The van der Waals surface area contributed by atoms with E-state index in [0.29, 0.717) is 0 Å². The van der Waals surface area contributed by atoms with Crippen LogP contribution >= 0.6 is 0 Å². The van der Waals surface area contributed by atoms with Crippen LogP contribution in [-0.2, 0) is 23.9 Å². The van der Waals surface area contributed by atoms with Crippen molar-refractivity contribution < 1.29 is 28.6 Å². The van der Waals surface area contributed by atoms with Crippen LogP contribution in [0.4, 0.5) is 0 Å². The van der Waals surface area contributed by atoms with Crippen molar-refractivity contribution in [3.8, 4) is 5.75 Å². The van der Waals surface area contributed by atoms with Crippen molar-refractivity contribution in [1.82, 2.24) is 0 Å². The summed E-state index contributed by atoms with van der Waals surface area (Å²) < 4.78 is 14.9. The number of hydrogen-bond acceptors (Lipinski definition) is 6. The van der Waals surface area contributed by atoms with Crippen LogP contribution in [0.5, 0.6) is 5.75 Å². The highest BCUT2D eigenvalue weighted by Crippen LogP contribution is 2.28. The van der Waals surface area contributed by atoms with Gasteiger partial charge in [-0.05, 0) is 19.1 Å². The van der Waals surface area contributed by atoms with E-state index >= 15 is 0 Å². The Labute approximate surface area is 121 Å². The topological polar surface area (TPSA) is 78.9 Å². The Kier molecular flexibility index (Phi) is 4.07. The zero-order valence-electron chi connectivity index (χ0n) is 11.5. The van der Waals surface area contributed by atoms with E-state index in [1.165, 1.54) is 6.92 Å². The third-order valence-electron chi connectivity index (χ3n) is 2.92. The third-order valence-corrected chi connectivity index (χ3v) is 2.92. The van der Waals surface area contributed by atoms with Gasteiger partial charge in [0.1, 0.15) is 5.75 Å². The monoisotopic (exact) mass is 290 g/mol. The Balaban J connectivity index is 2.24. The normalized spacial score (nSPS) is 20.5. The maximum atomic E-state index is 12.3. The first kappa shape index (κ1) is 14.8. The fourth-order valence-corrected chi connectivity index (χ4v) is 1.75. The minimum atomic E-state index is -2.06. The molecule has 1 aromatic rings. The van der Waals surface area contributed by atoms with Gasteiger partial charge in [-0.1, -0.05) is 24.8 Å². The molecule has 0 bridgehead atoms. The van der Waals surface area contributed by atoms with Gasteiger partial charge in [-0.15, -0.1) is 0 Å². The number of carbonyl (C=O) groups is 3. The lowest BCUT2D eigenvalue weighted by atomic mass is 10.0. The van der Waals surface area contributed by atoms with Gasteiger partial charge >= 0.3 is 23.5 Å².